The standard InChI is InChI=1S/C24H28N2O5/c1-24(2,3)17-9-11-18(12-10-17)25-21(27)15-31-23(29)16-13-22(28)26(14-16)19-7-5-6-8-20(19)30-4/h5-12,16H,13-15H2,1-4H3,(H,25,27)/t16-/m0/s1. The van der Waals surface area contributed by atoms with Crippen molar-refractivity contribution in [3.05, 3.63) is 54.1 Å². The van der Waals surface area contributed by atoms with Gasteiger partial charge in [0.15, 0.2) is 6.61 Å². The van der Waals surface area contributed by atoms with Crippen LogP contribution in [-0.4, -0.2) is 38.0 Å². The van der Waals surface area contributed by atoms with E-state index in [9.17, 15) is 14.4 Å². The number of rotatable bonds is 6. The van der Waals surface area contributed by atoms with Crippen molar-refractivity contribution >= 4 is 29.2 Å². The van der Waals surface area contributed by atoms with Crippen LogP contribution in [0.3, 0.4) is 0 Å². The van der Waals surface area contributed by atoms with Crippen molar-refractivity contribution in [3.8, 4) is 5.75 Å². The van der Waals surface area contributed by atoms with Crippen molar-refractivity contribution in [1.29, 1.82) is 0 Å². The van der Waals surface area contributed by atoms with Crippen molar-refractivity contribution in [2.24, 2.45) is 5.92 Å². The molecule has 2 aromatic carbocycles. The summed E-state index contributed by atoms with van der Waals surface area (Å²) in [5.41, 5.74) is 2.42. The van der Waals surface area contributed by atoms with E-state index in [0.29, 0.717) is 17.1 Å². The van der Waals surface area contributed by atoms with Gasteiger partial charge in [-0.2, -0.15) is 0 Å². The Morgan fingerprint density at radius 3 is 2.42 bits per heavy atom. The van der Waals surface area contributed by atoms with E-state index in [2.05, 4.69) is 26.1 Å². The van der Waals surface area contributed by atoms with E-state index in [1.54, 1.807) is 18.2 Å². The van der Waals surface area contributed by atoms with Crippen LogP contribution >= 0.6 is 0 Å². The van der Waals surface area contributed by atoms with Crippen LogP contribution in [0.25, 0.3) is 0 Å². The molecular formula is C24H28N2O5. The van der Waals surface area contributed by atoms with Gasteiger partial charge in [-0.1, -0.05) is 45.0 Å². The molecule has 31 heavy (non-hydrogen) atoms. The van der Waals surface area contributed by atoms with Gasteiger partial charge in [-0.25, -0.2) is 0 Å². The van der Waals surface area contributed by atoms with E-state index < -0.39 is 24.4 Å². The van der Waals surface area contributed by atoms with E-state index in [4.69, 9.17) is 9.47 Å². The molecule has 0 aromatic heterocycles. The fourth-order valence-electron chi connectivity index (χ4n) is 3.46. The minimum absolute atomic E-state index is 0.0223. The number of esters is 1. The Balaban J connectivity index is 1.53. The van der Waals surface area contributed by atoms with Gasteiger partial charge >= 0.3 is 5.97 Å². The molecule has 0 radical (unpaired) electrons. The zero-order valence-electron chi connectivity index (χ0n) is 18.3. The number of para-hydroxylation sites is 2. The van der Waals surface area contributed by atoms with E-state index in [1.165, 1.54) is 12.0 Å². The van der Waals surface area contributed by atoms with Crippen molar-refractivity contribution in [2.75, 3.05) is 30.5 Å². The number of nitrogens with zero attached hydrogens (tertiary/aromatic N) is 1. The third kappa shape index (κ3) is 5.42. The van der Waals surface area contributed by atoms with E-state index >= 15 is 0 Å². The molecule has 0 bridgehead atoms. The summed E-state index contributed by atoms with van der Waals surface area (Å²) in [6.45, 7) is 6.13. The summed E-state index contributed by atoms with van der Waals surface area (Å²) in [5, 5.41) is 2.71. The number of carbonyl (C=O) groups excluding carboxylic acids is 3. The minimum Gasteiger partial charge on any atom is -0.495 e. The number of carbonyl (C=O) groups is 3. The first-order valence-electron chi connectivity index (χ1n) is 10.2. The number of benzene rings is 2. The smallest absolute Gasteiger partial charge is 0.311 e. The highest BCUT2D eigenvalue weighted by Crippen LogP contribution is 2.33. The van der Waals surface area contributed by atoms with E-state index in [-0.39, 0.29) is 24.3 Å². The molecule has 1 aliphatic heterocycles. The topological polar surface area (TPSA) is 84.9 Å². The summed E-state index contributed by atoms with van der Waals surface area (Å²) < 4.78 is 10.5. The van der Waals surface area contributed by atoms with Crippen molar-refractivity contribution in [3.63, 3.8) is 0 Å². The lowest BCUT2D eigenvalue weighted by Crippen LogP contribution is -2.28. The molecule has 1 heterocycles. The predicted molar refractivity (Wildman–Crippen MR) is 118 cm³/mol. The summed E-state index contributed by atoms with van der Waals surface area (Å²) in [5.74, 6) is -1.25. The quantitative estimate of drug-likeness (QED) is 0.717. The Kier molecular flexibility index (Phi) is 6.63. The SMILES string of the molecule is COc1ccccc1N1C[C@@H](C(=O)OCC(=O)Nc2ccc(C(C)(C)C)cc2)CC1=O. The number of hydrogen-bond acceptors (Lipinski definition) is 5. The lowest BCUT2D eigenvalue weighted by molar-refractivity contribution is -0.151. The molecule has 7 nitrogen and oxygen atoms in total. The Labute approximate surface area is 182 Å². The maximum absolute atomic E-state index is 12.4. The van der Waals surface area contributed by atoms with Crippen molar-refractivity contribution in [2.45, 2.75) is 32.6 Å². The van der Waals surface area contributed by atoms with Crippen LogP contribution in [0.4, 0.5) is 11.4 Å². The fourth-order valence-corrected chi connectivity index (χ4v) is 3.46. The molecular weight excluding hydrogens is 396 g/mol. The minimum atomic E-state index is -0.628. The second-order valence-corrected chi connectivity index (χ2v) is 8.56. The molecule has 2 amide bonds. The van der Waals surface area contributed by atoms with Gasteiger partial charge in [0.25, 0.3) is 5.91 Å². The van der Waals surface area contributed by atoms with Gasteiger partial charge < -0.3 is 19.7 Å². The van der Waals surface area contributed by atoms with Crippen LogP contribution in [0.5, 0.6) is 5.75 Å². The fraction of sp³-hybridized carbons (Fsp3) is 0.375. The summed E-state index contributed by atoms with van der Waals surface area (Å²) >= 11 is 0. The van der Waals surface area contributed by atoms with Crippen LogP contribution in [0, 0.1) is 5.92 Å². The van der Waals surface area contributed by atoms with Gasteiger partial charge in [-0.3, -0.25) is 14.4 Å². The Hall–Kier alpha value is -3.35. The molecule has 1 aliphatic rings. The number of ether oxygens (including phenoxy) is 2. The molecule has 0 unspecified atom stereocenters. The van der Waals surface area contributed by atoms with Gasteiger partial charge in [-0.15, -0.1) is 0 Å². The first-order valence-corrected chi connectivity index (χ1v) is 10.2. The van der Waals surface area contributed by atoms with E-state index in [1.807, 2.05) is 30.3 Å². The largest absolute Gasteiger partial charge is 0.495 e. The lowest BCUT2D eigenvalue weighted by Gasteiger charge is -2.19. The molecule has 0 aliphatic carbocycles. The van der Waals surface area contributed by atoms with Crippen molar-refractivity contribution in [1.82, 2.24) is 0 Å². The molecule has 1 atom stereocenters. The third-order valence-corrected chi connectivity index (χ3v) is 5.21. The first kappa shape index (κ1) is 22.3. The van der Waals surface area contributed by atoms with Gasteiger partial charge in [0.1, 0.15) is 5.75 Å². The highest BCUT2D eigenvalue weighted by atomic mass is 16.5. The number of amides is 2. The maximum Gasteiger partial charge on any atom is 0.311 e. The summed E-state index contributed by atoms with van der Waals surface area (Å²) in [6.07, 6.45) is 0.0345. The molecule has 1 saturated heterocycles. The molecule has 1 fully saturated rings. The number of methoxy groups -OCH3 is 1. The Morgan fingerprint density at radius 1 is 1.10 bits per heavy atom. The molecule has 3 rings (SSSR count). The number of hydrogen-bond donors (Lipinski definition) is 1. The molecule has 1 N–H and O–H groups in total. The average Bonchev–Trinajstić information content (AvgIpc) is 3.13. The molecule has 164 valence electrons. The highest BCUT2D eigenvalue weighted by Gasteiger charge is 2.37. The molecule has 2 aromatic rings. The third-order valence-electron chi connectivity index (χ3n) is 5.21. The monoisotopic (exact) mass is 424 g/mol. The zero-order chi connectivity index (χ0) is 22.6. The molecule has 7 heteroatoms. The van der Waals surface area contributed by atoms with Gasteiger partial charge in [0, 0.05) is 18.7 Å². The van der Waals surface area contributed by atoms with E-state index in [0.717, 1.165) is 5.56 Å². The second kappa shape index (κ2) is 9.20. The normalized spacial score (nSPS) is 16.2. The average molecular weight is 424 g/mol. The summed E-state index contributed by atoms with van der Waals surface area (Å²) in [4.78, 5) is 38.5. The maximum atomic E-state index is 12.4. The van der Waals surface area contributed by atoms with Crippen LogP contribution in [0.1, 0.15) is 32.8 Å². The molecule has 0 saturated carbocycles. The van der Waals surface area contributed by atoms with Crippen LogP contribution < -0.4 is 15.0 Å². The first-order chi connectivity index (χ1) is 14.7. The van der Waals surface area contributed by atoms with Crippen LogP contribution in [0.15, 0.2) is 48.5 Å². The Morgan fingerprint density at radius 2 is 1.77 bits per heavy atom. The van der Waals surface area contributed by atoms with Gasteiger partial charge in [0.2, 0.25) is 5.91 Å². The van der Waals surface area contributed by atoms with Gasteiger partial charge in [-0.05, 0) is 35.2 Å². The highest BCUT2D eigenvalue weighted by molar-refractivity contribution is 6.01. The number of anilines is 2. The summed E-state index contributed by atoms with van der Waals surface area (Å²) in [6, 6.07) is 14.7. The number of nitrogens with one attached hydrogen (secondary N) is 1. The second-order valence-electron chi connectivity index (χ2n) is 8.56. The predicted octanol–water partition coefficient (Wildman–Crippen LogP) is 3.53. The van der Waals surface area contributed by atoms with Crippen LogP contribution in [-0.2, 0) is 24.5 Å². The van der Waals surface area contributed by atoms with Gasteiger partial charge in [0.05, 0.1) is 18.7 Å². The van der Waals surface area contributed by atoms with Crippen molar-refractivity contribution < 1.29 is 23.9 Å². The zero-order valence-corrected chi connectivity index (χ0v) is 18.3. The molecule has 0 spiro atoms. The summed E-state index contributed by atoms with van der Waals surface area (Å²) in [7, 11) is 1.53. The van der Waals surface area contributed by atoms with Crippen LogP contribution in [0.2, 0.25) is 0 Å². The lowest BCUT2D eigenvalue weighted by atomic mass is 9.87. The Bertz CT molecular complexity index is 963.